The van der Waals surface area contributed by atoms with Crippen molar-refractivity contribution in [2.24, 2.45) is 5.92 Å². The van der Waals surface area contributed by atoms with Crippen LogP contribution in [-0.4, -0.2) is 48.5 Å². The average molecular weight is 355 g/mol. The lowest BCUT2D eigenvalue weighted by Gasteiger charge is -2.15. The topological polar surface area (TPSA) is 57.3 Å². The minimum atomic E-state index is -0.0605. The summed E-state index contributed by atoms with van der Waals surface area (Å²) in [7, 11) is 0. The third kappa shape index (κ3) is 4.41. The molecular weight excluding hydrogens is 332 g/mol. The SMILES string of the molecule is CCNc1ncc(Br)cc1C(=O)NCC1CCN(CC)C1. The first-order chi connectivity index (χ1) is 10.1. The highest BCUT2D eigenvalue weighted by Crippen LogP contribution is 2.19. The summed E-state index contributed by atoms with van der Waals surface area (Å²) in [5, 5.41) is 6.17. The number of hydrogen-bond acceptors (Lipinski definition) is 4. The molecule has 2 rings (SSSR count). The molecule has 0 aliphatic carbocycles. The summed E-state index contributed by atoms with van der Waals surface area (Å²) >= 11 is 3.37. The third-order valence-corrected chi connectivity index (χ3v) is 4.25. The first-order valence-corrected chi connectivity index (χ1v) is 8.33. The summed E-state index contributed by atoms with van der Waals surface area (Å²) in [4.78, 5) is 19.1. The van der Waals surface area contributed by atoms with Gasteiger partial charge in [0.05, 0.1) is 5.56 Å². The second kappa shape index (κ2) is 7.75. The summed E-state index contributed by atoms with van der Waals surface area (Å²) in [6.45, 7) is 8.94. The maximum atomic E-state index is 12.4. The Labute approximate surface area is 134 Å². The van der Waals surface area contributed by atoms with Gasteiger partial charge in [-0.05, 0) is 54.3 Å². The Kier molecular flexibility index (Phi) is 5.99. The average Bonchev–Trinajstić information content (AvgIpc) is 2.95. The van der Waals surface area contributed by atoms with Gasteiger partial charge in [0.25, 0.3) is 5.91 Å². The van der Waals surface area contributed by atoms with Gasteiger partial charge in [0.2, 0.25) is 0 Å². The predicted molar refractivity (Wildman–Crippen MR) is 88.7 cm³/mol. The van der Waals surface area contributed by atoms with Gasteiger partial charge in [-0.3, -0.25) is 4.79 Å². The van der Waals surface area contributed by atoms with Crippen LogP contribution in [0.5, 0.6) is 0 Å². The van der Waals surface area contributed by atoms with Crippen LogP contribution in [0.4, 0.5) is 5.82 Å². The number of aromatic nitrogens is 1. The van der Waals surface area contributed by atoms with Gasteiger partial charge in [-0.15, -0.1) is 0 Å². The molecular formula is C15H23BrN4O. The van der Waals surface area contributed by atoms with Crippen molar-refractivity contribution in [2.45, 2.75) is 20.3 Å². The molecule has 0 spiro atoms. The molecule has 6 heteroatoms. The molecule has 0 aromatic carbocycles. The van der Waals surface area contributed by atoms with Gasteiger partial charge in [-0.1, -0.05) is 6.92 Å². The number of likely N-dealkylation sites (tertiary alicyclic amines) is 1. The van der Waals surface area contributed by atoms with E-state index in [0.717, 1.165) is 43.6 Å². The first-order valence-electron chi connectivity index (χ1n) is 7.54. The van der Waals surface area contributed by atoms with E-state index < -0.39 is 0 Å². The van der Waals surface area contributed by atoms with Crippen LogP contribution in [0.2, 0.25) is 0 Å². The van der Waals surface area contributed by atoms with Gasteiger partial charge in [0.15, 0.2) is 0 Å². The zero-order valence-corrected chi connectivity index (χ0v) is 14.2. The minimum Gasteiger partial charge on any atom is -0.370 e. The number of carbonyl (C=O) groups excluding carboxylic acids is 1. The lowest BCUT2D eigenvalue weighted by Crippen LogP contribution is -2.31. The fraction of sp³-hybridized carbons (Fsp3) is 0.600. The van der Waals surface area contributed by atoms with Gasteiger partial charge in [0.1, 0.15) is 5.82 Å². The fourth-order valence-electron chi connectivity index (χ4n) is 2.62. The standard InChI is InChI=1S/C15H23BrN4O/c1-3-17-14-13(7-12(16)9-18-14)15(21)19-8-11-5-6-20(4-2)10-11/h7,9,11H,3-6,8,10H2,1-2H3,(H,17,18)(H,19,21). The van der Waals surface area contributed by atoms with Crippen LogP contribution >= 0.6 is 15.9 Å². The summed E-state index contributed by atoms with van der Waals surface area (Å²) in [6.07, 6.45) is 2.86. The monoisotopic (exact) mass is 354 g/mol. The van der Waals surface area contributed by atoms with Crippen molar-refractivity contribution in [3.05, 3.63) is 22.3 Å². The number of nitrogens with zero attached hydrogens (tertiary/aromatic N) is 2. The molecule has 1 amide bonds. The molecule has 21 heavy (non-hydrogen) atoms. The Morgan fingerprint density at radius 1 is 1.52 bits per heavy atom. The number of carbonyl (C=O) groups is 1. The highest BCUT2D eigenvalue weighted by molar-refractivity contribution is 9.10. The molecule has 2 N–H and O–H groups in total. The van der Waals surface area contributed by atoms with Gasteiger partial charge >= 0.3 is 0 Å². The zero-order valence-electron chi connectivity index (χ0n) is 12.7. The Balaban J connectivity index is 1.95. The zero-order chi connectivity index (χ0) is 15.2. The molecule has 1 unspecified atom stereocenters. The fourth-order valence-corrected chi connectivity index (χ4v) is 2.95. The van der Waals surface area contributed by atoms with Crippen molar-refractivity contribution >= 4 is 27.7 Å². The maximum Gasteiger partial charge on any atom is 0.255 e. The molecule has 116 valence electrons. The van der Waals surface area contributed by atoms with E-state index in [-0.39, 0.29) is 5.91 Å². The molecule has 0 radical (unpaired) electrons. The third-order valence-electron chi connectivity index (χ3n) is 3.81. The number of hydrogen-bond donors (Lipinski definition) is 2. The van der Waals surface area contributed by atoms with E-state index >= 15 is 0 Å². The number of amides is 1. The van der Waals surface area contributed by atoms with Crippen molar-refractivity contribution in [3.8, 4) is 0 Å². The minimum absolute atomic E-state index is 0.0605. The van der Waals surface area contributed by atoms with E-state index in [1.54, 1.807) is 6.20 Å². The highest BCUT2D eigenvalue weighted by Gasteiger charge is 2.22. The Bertz CT molecular complexity index is 495. The number of rotatable bonds is 6. The van der Waals surface area contributed by atoms with Crippen LogP contribution < -0.4 is 10.6 Å². The van der Waals surface area contributed by atoms with Crippen LogP contribution in [0.15, 0.2) is 16.7 Å². The van der Waals surface area contributed by atoms with Crippen LogP contribution in [0.1, 0.15) is 30.6 Å². The molecule has 1 fully saturated rings. The summed E-state index contributed by atoms with van der Waals surface area (Å²) in [6, 6.07) is 1.81. The molecule has 1 aromatic heterocycles. The van der Waals surface area contributed by atoms with Crippen LogP contribution in [0, 0.1) is 5.92 Å². The molecule has 0 bridgehead atoms. The number of pyridine rings is 1. The van der Waals surface area contributed by atoms with E-state index in [4.69, 9.17) is 0 Å². The van der Waals surface area contributed by atoms with Gasteiger partial charge in [-0.2, -0.15) is 0 Å². The summed E-state index contributed by atoms with van der Waals surface area (Å²) in [5.41, 5.74) is 0.594. The molecule has 1 saturated heterocycles. The van der Waals surface area contributed by atoms with E-state index in [1.165, 1.54) is 0 Å². The van der Waals surface area contributed by atoms with Crippen LogP contribution in [0.25, 0.3) is 0 Å². The second-order valence-corrected chi connectivity index (χ2v) is 6.25. The van der Waals surface area contributed by atoms with Crippen molar-refractivity contribution in [1.82, 2.24) is 15.2 Å². The number of nitrogens with one attached hydrogen (secondary N) is 2. The summed E-state index contributed by atoms with van der Waals surface area (Å²) in [5.74, 6) is 1.13. The van der Waals surface area contributed by atoms with Crippen LogP contribution in [0.3, 0.4) is 0 Å². The number of halogens is 1. The normalized spacial score (nSPS) is 18.7. The molecule has 1 aromatic rings. The van der Waals surface area contributed by atoms with E-state index in [1.807, 2.05) is 13.0 Å². The van der Waals surface area contributed by atoms with E-state index in [2.05, 4.69) is 43.4 Å². The Hall–Kier alpha value is -1.14. The van der Waals surface area contributed by atoms with Crippen molar-refractivity contribution < 1.29 is 4.79 Å². The Morgan fingerprint density at radius 2 is 2.33 bits per heavy atom. The molecule has 1 aliphatic heterocycles. The molecule has 5 nitrogen and oxygen atoms in total. The molecule has 2 heterocycles. The number of anilines is 1. The lowest BCUT2D eigenvalue weighted by atomic mass is 10.1. The maximum absolute atomic E-state index is 12.4. The van der Waals surface area contributed by atoms with E-state index in [9.17, 15) is 4.79 Å². The second-order valence-electron chi connectivity index (χ2n) is 5.34. The van der Waals surface area contributed by atoms with Crippen LogP contribution in [-0.2, 0) is 0 Å². The smallest absolute Gasteiger partial charge is 0.255 e. The first kappa shape index (κ1) is 16.2. The molecule has 1 aliphatic rings. The van der Waals surface area contributed by atoms with E-state index in [0.29, 0.717) is 17.3 Å². The summed E-state index contributed by atoms with van der Waals surface area (Å²) < 4.78 is 0.812. The predicted octanol–water partition coefficient (Wildman–Crippen LogP) is 2.35. The molecule has 1 atom stereocenters. The van der Waals surface area contributed by atoms with Crippen molar-refractivity contribution in [1.29, 1.82) is 0 Å². The lowest BCUT2D eigenvalue weighted by molar-refractivity contribution is 0.0948. The quantitative estimate of drug-likeness (QED) is 0.823. The van der Waals surface area contributed by atoms with Crippen molar-refractivity contribution in [3.63, 3.8) is 0 Å². The molecule has 0 saturated carbocycles. The van der Waals surface area contributed by atoms with Gasteiger partial charge < -0.3 is 15.5 Å². The Morgan fingerprint density at radius 3 is 3.00 bits per heavy atom. The van der Waals surface area contributed by atoms with Gasteiger partial charge in [0, 0.05) is 30.3 Å². The van der Waals surface area contributed by atoms with Crippen molar-refractivity contribution in [2.75, 3.05) is 38.0 Å². The largest absolute Gasteiger partial charge is 0.370 e. The van der Waals surface area contributed by atoms with Gasteiger partial charge in [-0.25, -0.2) is 4.98 Å². The highest BCUT2D eigenvalue weighted by atomic mass is 79.9.